The number of esters is 1. The van der Waals surface area contributed by atoms with Gasteiger partial charge in [0.2, 0.25) is 0 Å². The summed E-state index contributed by atoms with van der Waals surface area (Å²) in [6.45, 7) is 3.69. The van der Waals surface area contributed by atoms with E-state index in [0.717, 1.165) is 5.56 Å². The Balaban J connectivity index is 2.60. The van der Waals surface area contributed by atoms with Crippen molar-refractivity contribution in [2.75, 3.05) is 0 Å². The zero-order chi connectivity index (χ0) is 7.84. The highest BCUT2D eigenvalue weighted by Crippen LogP contribution is 2.28. The molecule has 0 saturated carbocycles. The number of carbonyl (C=O) groups is 1. The minimum Gasteiger partial charge on any atom is -0.454 e. The van der Waals surface area contributed by atoms with E-state index in [1.165, 1.54) is 0 Å². The standard InChI is InChI=1S/C9H7O2/c1-6-7-4-2-3-5-8(7)9(10)11-6/h2-6H,1H2. The third kappa shape index (κ3) is 0.827. The fourth-order valence-corrected chi connectivity index (χ4v) is 1.22. The molecule has 2 rings (SSSR count). The molecule has 1 heterocycles. The number of fused-ring (bicyclic) bond motifs is 1. The fourth-order valence-electron chi connectivity index (χ4n) is 1.22. The quantitative estimate of drug-likeness (QED) is 0.522. The SMILES string of the molecule is [CH2]C1OC(=O)c2ccccc21. The first kappa shape index (κ1) is 6.40. The summed E-state index contributed by atoms with van der Waals surface area (Å²) in [4.78, 5) is 11.0. The van der Waals surface area contributed by atoms with Crippen molar-refractivity contribution in [1.29, 1.82) is 0 Å². The van der Waals surface area contributed by atoms with Crippen LogP contribution in [0.3, 0.4) is 0 Å². The topological polar surface area (TPSA) is 26.3 Å². The van der Waals surface area contributed by atoms with Crippen molar-refractivity contribution in [2.45, 2.75) is 6.10 Å². The van der Waals surface area contributed by atoms with Gasteiger partial charge in [-0.3, -0.25) is 0 Å². The molecule has 0 amide bonds. The van der Waals surface area contributed by atoms with Crippen LogP contribution in [-0.2, 0) is 4.74 Å². The maximum Gasteiger partial charge on any atom is 0.339 e. The Morgan fingerprint density at radius 1 is 1.36 bits per heavy atom. The highest BCUT2D eigenvalue weighted by atomic mass is 16.5. The lowest BCUT2D eigenvalue weighted by Gasteiger charge is -1.99. The lowest BCUT2D eigenvalue weighted by molar-refractivity contribution is 0.0463. The largest absolute Gasteiger partial charge is 0.454 e. The summed E-state index contributed by atoms with van der Waals surface area (Å²) in [5.74, 6) is -0.263. The van der Waals surface area contributed by atoms with Crippen LogP contribution in [0, 0.1) is 6.92 Å². The first-order chi connectivity index (χ1) is 5.29. The molecule has 0 N–H and O–H groups in total. The van der Waals surface area contributed by atoms with Crippen molar-refractivity contribution in [3.05, 3.63) is 42.3 Å². The molecule has 1 unspecified atom stereocenters. The highest BCUT2D eigenvalue weighted by molar-refractivity contribution is 5.94. The third-order valence-electron chi connectivity index (χ3n) is 1.78. The van der Waals surface area contributed by atoms with Crippen molar-refractivity contribution >= 4 is 5.97 Å². The lowest BCUT2D eigenvalue weighted by atomic mass is 10.1. The van der Waals surface area contributed by atoms with Gasteiger partial charge in [0.15, 0.2) is 0 Å². The van der Waals surface area contributed by atoms with E-state index in [1.807, 2.05) is 18.2 Å². The minimum atomic E-state index is -0.321. The molecule has 0 spiro atoms. The van der Waals surface area contributed by atoms with Crippen LogP contribution in [0.15, 0.2) is 24.3 Å². The number of benzene rings is 1. The molecular weight excluding hydrogens is 140 g/mol. The molecule has 1 atom stereocenters. The van der Waals surface area contributed by atoms with Crippen LogP contribution in [0.2, 0.25) is 0 Å². The second-order valence-corrected chi connectivity index (χ2v) is 2.48. The van der Waals surface area contributed by atoms with Gasteiger partial charge in [-0.1, -0.05) is 18.2 Å². The molecule has 1 aliphatic heterocycles. The number of hydrogen-bond donors (Lipinski definition) is 0. The van der Waals surface area contributed by atoms with Crippen LogP contribution >= 0.6 is 0 Å². The maximum absolute atomic E-state index is 11.0. The van der Waals surface area contributed by atoms with Crippen LogP contribution in [0.1, 0.15) is 22.0 Å². The van der Waals surface area contributed by atoms with Gasteiger partial charge in [0, 0.05) is 5.56 Å². The second kappa shape index (κ2) is 2.09. The average molecular weight is 147 g/mol. The van der Waals surface area contributed by atoms with E-state index in [1.54, 1.807) is 6.07 Å². The smallest absolute Gasteiger partial charge is 0.339 e. The summed E-state index contributed by atoms with van der Waals surface area (Å²) < 4.78 is 4.88. The number of rotatable bonds is 0. The highest BCUT2D eigenvalue weighted by Gasteiger charge is 2.26. The Labute approximate surface area is 64.8 Å². The Bertz CT molecular complexity index is 304. The monoisotopic (exact) mass is 147 g/mol. The van der Waals surface area contributed by atoms with Crippen molar-refractivity contribution in [2.24, 2.45) is 0 Å². The molecule has 0 bridgehead atoms. The molecule has 2 nitrogen and oxygen atoms in total. The van der Waals surface area contributed by atoms with Gasteiger partial charge in [0.05, 0.1) is 5.56 Å². The first-order valence-electron chi connectivity index (χ1n) is 3.42. The molecular formula is C9H7O2. The summed E-state index contributed by atoms with van der Waals surface area (Å²) in [5.41, 5.74) is 1.53. The Hall–Kier alpha value is -1.31. The summed E-state index contributed by atoms with van der Waals surface area (Å²) in [7, 11) is 0. The molecule has 1 aromatic rings. The molecule has 2 heteroatoms. The maximum atomic E-state index is 11.0. The van der Waals surface area contributed by atoms with E-state index in [2.05, 4.69) is 6.92 Å². The third-order valence-corrected chi connectivity index (χ3v) is 1.78. The van der Waals surface area contributed by atoms with Gasteiger partial charge in [-0.05, 0) is 13.0 Å². The van der Waals surface area contributed by atoms with Crippen LogP contribution < -0.4 is 0 Å². The van der Waals surface area contributed by atoms with Crippen molar-refractivity contribution in [1.82, 2.24) is 0 Å². The molecule has 0 aromatic heterocycles. The fraction of sp³-hybridized carbons (Fsp3) is 0.111. The van der Waals surface area contributed by atoms with Crippen LogP contribution in [0.25, 0.3) is 0 Å². The summed E-state index contributed by atoms with van der Waals surface area (Å²) in [5, 5.41) is 0. The van der Waals surface area contributed by atoms with Crippen LogP contribution in [0.4, 0.5) is 0 Å². The average Bonchev–Trinajstić information content (AvgIpc) is 2.30. The molecule has 1 aliphatic rings. The van der Waals surface area contributed by atoms with Crippen molar-refractivity contribution in [3.8, 4) is 0 Å². The Morgan fingerprint density at radius 2 is 2.09 bits per heavy atom. The van der Waals surface area contributed by atoms with E-state index < -0.39 is 0 Å². The van der Waals surface area contributed by atoms with Crippen LogP contribution in [-0.4, -0.2) is 5.97 Å². The second-order valence-electron chi connectivity index (χ2n) is 2.48. The first-order valence-corrected chi connectivity index (χ1v) is 3.42. The number of carbonyl (C=O) groups excluding carboxylic acids is 1. The van der Waals surface area contributed by atoms with E-state index in [-0.39, 0.29) is 12.1 Å². The molecule has 11 heavy (non-hydrogen) atoms. The minimum absolute atomic E-state index is 0.263. The van der Waals surface area contributed by atoms with Gasteiger partial charge in [-0.25, -0.2) is 4.79 Å². The zero-order valence-electron chi connectivity index (χ0n) is 5.91. The number of hydrogen-bond acceptors (Lipinski definition) is 2. The molecule has 0 fully saturated rings. The molecule has 55 valence electrons. The zero-order valence-corrected chi connectivity index (χ0v) is 5.91. The summed E-state index contributed by atoms with van der Waals surface area (Å²) in [6, 6.07) is 7.30. The van der Waals surface area contributed by atoms with Gasteiger partial charge in [-0.2, -0.15) is 0 Å². The van der Waals surface area contributed by atoms with Crippen molar-refractivity contribution < 1.29 is 9.53 Å². The van der Waals surface area contributed by atoms with Crippen molar-refractivity contribution in [3.63, 3.8) is 0 Å². The lowest BCUT2D eigenvalue weighted by Crippen LogP contribution is -1.93. The predicted molar refractivity (Wildman–Crippen MR) is 40.0 cm³/mol. The summed E-state index contributed by atoms with van der Waals surface area (Å²) in [6.07, 6.45) is -0.321. The number of cyclic esters (lactones) is 1. The molecule has 0 saturated heterocycles. The molecule has 1 aromatic carbocycles. The normalized spacial score (nSPS) is 21.2. The van der Waals surface area contributed by atoms with Gasteiger partial charge < -0.3 is 4.74 Å². The van der Waals surface area contributed by atoms with Gasteiger partial charge >= 0.3 is 5.97 Å². The van der Waals surface area contributed by atoms with Gasteiger partial charge in [0.1, 0.15) is 6.10 Å². The van der Waals surface area contributed by atoms with E-state index in [9.17, 15) is 4.79 Å². The van der Waals surface area contributed by atoms with E-state index in [0.29, 0.717) is 5.56 Å². The number of ether oxygens (including phenoxy) is 1. The Kier molecular flexibility index (Phi) is 1.22. The van der Waals surface area contributed by atoms with Gasteiger partial charge in [0.25, 0.3) is 0 Å². The predicted octanol–water partition coefficient (Wildman–Crippen LogP) is 1.73. The summed E-state index contributed by atoms with van der Waals surface area (Å²) >= 11 is 0. The van der Waals surface area contributed by atoms with E-state index >= 15 is 0 Å². The Morgan fingerprint density at radius 3 is 2.82 bits per heavy atom. The molecule has 0 aliphatic carbocycles. The molecule has 1 radical (unpaired) electrons. The van der Waals surface area contributed by atoms with Gasteiger partial charge in [-0.15, -0.1) is 0 Å². The van der Waals surface area contributed by atoms with Crippen LogP contribution in [0.5, 0.6) is 0 Å². The van der Waals surface area contributed by atoms with E-state index in [4.69, 9.17) is 4.74 Å².